The molecule has 0 fully saturated rings. The average molecular weight is 287 g/mol. The van der Waals surface area contributed by atoms with Gasteiger partial charge in [0.05, 0.1) is 17.6 Å². The van der Waals surface area contributed by atoms with Crippen molar-refractivity contribution in [1.82, 2.24) is 5.32 Å². The van der Waals surface area contributed by atoms with Crippen LogP contribution in [-0.2, 0) is 4.79 Å². The third-order valence-electron chi connectivity index (χ3n) is 2.60. The third-order valence-corrected chi connectivity index (χ3v) is 3.96. The maximum Gasteiger partial charge on any atom is 0.304 e. The summed E-state index contributed by atoms with van der Waals surface area (Å²) in [5.74, 6) is -0.219. The Balaban J connectivity index is 3.14. The van der Waals surface area contributed by atoms with E-state index in [9.17, 15) is 20.0 Å². The normalized spacial score (nSPS) is 12.0. The summed E-state index contributed by atoms with van der Waals surface area (Å²) in [6.07, 6.45) is -0.767. The van der Waals surface area contributed by atoms with E-state index in [1.165, 1.54) is 13.1 Å². The summed E-state index contributed by atoms with van der Waals surface area (Å²) in [5, 5.41) is 23.4. The molecule has 0 bridgehead atoms. The number of carbonyl (C=O) groups excluding carboxylic acids is 1. The summed E-state index contributed by atoms with van der Waals surface area (Å²) in [4.78, 5) is 24.1. The lowest BCUT2D eigenvalue weighted by atomic mass is 10.3. The molecule has 1 atom stereocenters. The molecule has 106 valence electrons. The van der Waals surface area contributed by atoms with Crippen LogP contribution in [0.5, 0.6) is 0 Å². The van der Waals surface area contributed by atoms with E-state index in [1.807, 2.05) is 6.92 Å². The molecule has 0 radical (unpaired) electrons. The molecule has 1 heterocycles. The summed E-state index contributed by atoms with van der Waals surface area (Å²) < 4.78 is 0. The molecule has 7 nitrogen and oxygen atoms in total. The Morgan fingerprint density at radius 1 is 1.68 bits per heavy atom. The molecule has 1 aromatic rings. The molecular weight excluding hydrogens is 270 g/mol. The minimum atomic E-state index is -0.767. The van der Waals surface area contributed by atoms with Crippen LogP contribution in [0.2, 0.25) is 0 Å². The van der Waals surface area contributed by atoms with E-state index in [0.717, 1.165) is 11.3 Å². The summed E-state index contributed by atoms with van der Waals surface area (Å²) in [6.45, 7) is 3.88. The highest BCUT2D eigenvalue weighted by molar-refractivity contribution is 7.16. The van der Waals surface area contributed by atoms with Gasteiger partial charge in [-0.1, -0.05) is 0 Å². The summed E-state index contributed by atoms with van der Waals surface area (Å²) in [5.41, 5.74) is -0.0772. The van der Waals surface area contributed by atoms with Gasteiger partial charge in [-0.05, 0) is 13.8 Å². The second-order valence-electron chi connectivity index (χ2n) is 3.96. The Kier molecular flexibility index (Phi) is 5.25. The van der Waals surface area contributed by atoms with Crippen LogP contribution in [0.3, 0.4) is 0 Å². The number of nitrogens with zero attached hydrogens (tertiary/aromatic N) is 2. The number of likely N-dealkylation sites (N-methyl/N-ethyl adjacent to an activating group) is 2. The number of hydrogen-bond acceptors (Lipinski definition) is 6. The summed E-state index contributed by atoms with van der Waals surface area (Å²) in [6, 6.07) is 1.36. The highest BCUT2D eigenvalue weighted by Gasteiger charge is 2.25. The molecule has 2 N–H and O–H groups in total. The highest BCUT2D eigenvalue weighted by atomic mass is 32.1. The van der Waals surface area contributed by atoms with Crippen LogP contribution in [0.4, 0.5) is 10.7 Å². The van der Waals surface area contributed by atoms with Crippen molar-refractivity contribution in [3.63, 3.8) is 0 Å². The predicted molar refractivity (Wildman–Crippen MR) is 73.6 cm³/mol. The Bertz CT molecular complexity index is 473. The van der Waals surface area contributed by atoms with Crippen LogP contribution in [0, 0.1) is 10.1 Å². The number of hydrogen-bond donors (Lipinski definition) is 2. The van der Waals surface area contributed by atoms with Crippen LogP contribution < -0.4 is 10.2 Å². The largest absolute Gasteiger partial charge is 0.388 e. The monoisotopic (exact) mass is 287 g/mol. The molecule has 0 saturated carbocycles. The fourth-order valence-corrected chi connectivity index (χ4v) is 2.66. The van der Waals surface area contributed by atoms with Gasteiger partial charge in [0.15, 0.2) is 5.00 Å². The third kappa shape index (κ3) is 3.65. The Labute approximate surface area is 115 Å². The molecule has 0 aromatic carbocycles. The minimum absolute atomic E-state index is 0.0492. The number of rotatable bonds is 6. The van der Waals surface area contributed by atoms with Gasteiger partial charge in [0, 0.05) is 24.5 Å². The molecule has 0 unspecified atom stereocenters. The number of nitro groups is 1. The Hall–Kier alpha value is -1.67. The van der Waals surface area contributed by atoms with Crippen LogP contribution in [-0.4, -0.2) is 36.1 Å². The van der Waals surface area contributed by atoms with Crippen molar-refractivity contribution in [3.05, 3.63) is 21.1 Å². The van der Waals surface area contributed by atoms with Crippen molar-refractivity contribution < 1.29 is 14.8 Å². The molecule has 0 aliphatic rings. The number of carbonyl (C=O) groups is 1. The zero-order valence-electron chi connectivity index (χ0n) is 11.0. The van der Waals surface area contributed by atoms with E-state index in [2.05, 4.69) is 5.32 Å². The number of amides is 1. The van der Waals surface area contributed by atoms with Crippen molar-refractivity contribution in [2.24, 2.45) is 0 Å². The van der Waals surface area contributed by atoms with Crippen molar-refractivity contribution in [3.8, 4) is 0 Å². The molecule has 19 heavy (non-hydrogen) atoms. The molecule has 0 aliphatic heterocycles. The lowest BCUT2D eigenvalue weighted by Crippen LogP contribution is -2.35. The van der Waals surface area contributed by atoms with Crippen LogP contribution in [0.25, 0.3) is 0 Å². The number of aliphatic hydroxyl groups is 1. The van der Waals surface area contributed by atoms with E-state index in [-0.39, 0.29) is 18.1 Å². The highest BCUT2D eigenvalue weighted by Crippen LogP contribution is 2.39. The van der Waals surface area contributed by atoms with Gasteiger partial charge in [-0.15, -0.1) is 11.3 Å². The van der Waals surface area contributed by atoms with E-state index >= 15 is 0 Å². The molecule has 8 heteroatoms. The molecule has 1 aromatic heterocycles. The van der Waals surface area contributed by atoms with Gasteiger partial charge in [0.2, 0.25) is 5.91 Å². The lowest BCUT2D eigenvalue weighted by molar-refractivity contribution is -0.383. The molecule has 0 saturated heterocycles. The fraction of sp³-hybridized carbons (Fsp3) is 0.545. The Morgan fingerprint density at radius 2 is 2.32 bits per heavy atom. The standard InChI is InChI=1S/C11H17N3O4S/c1-4-13(6-10(16)12-3)11-8(14(17)18)5-9(19-11)7(2)15/h5,7,15H,4,6H2,1-3H3,(H,12,16)/t7-/m0/s1. The van der Waals surface area contributed by atoms with Crippen molar-refractivity contribution in [2.45, 2.75) is 20.0 Å². The van der Waals surface area contributed by atoms with Crippen LogP contribution >= 0.6 is 11.3 Å². The first kappa shape index (κ1) is 15.4. The lowest BCUT2D eigenvalue weighted by Gasteiger charge is -2.19. The first-order chi connectivity index (χ1) is 8.90. The number of aliphatic hydroxyl groups excluding tert-OH is 1. The topological polar surface area (TPSA) is 95.7 Å². The van der Waals surface area contributed by atoms with Crippen molar-refractivity contribution >= 4 is 27.9 Å². The van der Waals surface area contributed by atoms with E-state index in [0.29, 0.717) is 16.4 Å². The second kappa shape index (κ2) is 6.48. The number of anilines is 1. The SMILES string of the molecule is CCN(CC(=O)NC)c1sc([C@H](C)O)cc1[N+](=O)[O-]. The molecule has 1 amide bonds. The van der Waals surface area contributed by atoms with Gasteiger partial charge < -0.3 is 15.3 Å². The fourth-order valence-electron chi connectivity index (χ4n) is 1.53. The predicted octanol–water partition coefficient (Wildman–Crippen LogP) is 1.28. The first-order valence-corrected chi connectivity index (χ1v) is 6.64. The first-order valence-electron chi connectivity index (χ1n) is 5.82. The average Bonchev–Trinajstić information content (AvgIpc) is 2.80. The molecule has 1 rings (SSSR count). The maximum atomic E-state index is 11.4. The van der Waals surface area contributed by atoms with Crippen LogP contribution in [0.1, 0.15) is 24.8 Å². The molecule has 0 aliphatic carbocycles. The Morgan fingerprint density at radius 3 is 2.74 bits per heavy atom. The van der Waals surface area contributed by atoms with Crippen molar-refractivity contribution in [2.75, 3.05) is 25.0 Å². The van der Waals surface area contributed by atoms with Gasteiger partial charge in [-0.2, -0.15) is 0 Å². The van der Waals surface area contributed by atoms with E-state index < -0.39 is 11.0 Å². The van der Waals surface area contributed by atoms with Gasteiger partial charge in [0.25, 0.3) is 0 Å². The smallest absolute Gasteiger partial charge is 0.304 e. The van der Waals surface area contributed by atoms with Gasteiger partial charge >= 0.3 is 5.69 Å². The van der Waals surface area contributed by atoms with Gasteiger partial charge in [-0.25, -0.2) is 0 Å². The van der Waals surface area contributed by atoms with E-state index in [1.54, 1.807) is 11.8 Å². The van der Waals surface area contributed by atoms with Crippen LogP contribution in [0.15, 0.2) is 6.07 Å². The zero-order chi connectivity index (χ0) is 14.6. The van der Waals surface area contributed by atoms with Gasteiger partial charge in [-0.3, -0.25) is 14.9 Å². The maximum absolute atomic E-state index is 11.4. The second-order valence-corrected chi connectivity index (χ2v) is 5.02. The van der Waals surface area contributed by atoms with E-state index in [4.69, 9.17) is 0 Å². The van der Waals surface area contributed by atoms with Crippen molar-refractivity contribution in [1.29, 1.82) is 0 Å². The number of nitrogens with one attached hydrogen (secondary N) is 1. The number of thiophene rings is 1. The zero-order valence-corrected chi connectivity index (χ0v) is 11.9. The molecular formula is C11H17N3O4S. The quantitative estimate of drug-likeness (QED) is 0.607. The minimum Gasteiger partial charge on any atom is -0.388 e. The summed E-state index contributed by atoms with van der Waals surface area (Å²) in [7, 11) is 1.51. The molecule has 0 spiro atoms. The van der Waals surface area contributed by atoms with Gasteiger partial charge in [0.1, 0.15) is 0 Å². The summed E-state index contributed by atoms with van der Waals surface area (Å²) >= 11 is 1.14.